The van der Waals surface area contributed by atoms with Gasteiger partial charge in [-0.1, -0.05) is 30.7 Å². The number of alkyl halides is 3. The minimum Gasteiger partial charge on any atom is -0.457 e. The summed E-state index contributed by atoms with van der Waals surface area (Å²) in [5.41, 5.74) is 1.16. The number of hydrogen-bond donors (Lipinski definition) is 3. The number of benzene rings is 2. The summed E-state index contributed by atoms with van der Waals surface area (Å²) in [5, 5.41) is 7.20. The van der Waals surface area contributed by atoms with Gasteiger partial charge in [0.2, 0.25) is 27.7 Å². The molecule has 2 aromatic rings. The Bertz CT molecular complexity index is 1550. The summed E-state index contributed by atoms with van der Waals surface area (Å²) in [6.45, 7) is 0.619. The molecule has 3 N–H and O–H groups in total. The van der Waals surface area contributed by atoms with Crippen LogP contribution in [-0.4, -0.2) is 98.1 Å². The molecule has 0 aliphatic carbocycles. The van der Waals surface area contributed by atoms with Gasteiger partial charge in [0.1, 0.15) is 36.2 Å². The van der Waals surface area contributed by atoms with Crippen molar-refractivity contribution in [3.63, 3.8) is 0 Å². The van der Waals surface area contributed by atoms with E-state index in [0.29, 0.717) is 35.6 Å². The summed E-state index contributed by atoms with van der Waals surface area (Å²) in [4.78, 5) is 43.1. The van der Waals surface area contributed by atoms with Gasteiger partial charge in [-0.3, -0.25) is 14.4 Å². The average molecular weight is 680 g/mol. The molecule has 3 atom stereocenters. The van der Waals surface area contributed by atoms with E-state index in [4.69, 9.17) is 4.74 Å². The molecular weight excluding hydrogens is 639 g/mol. The third-order valence-electron chi connectivity index (χ3n) is 8.60. The van der Waals surface area contributed by atoms with Gasteiger partial charge in [0.15, 0.2) is 0 Å². The largest absolute Gasteiger partial charge is 0.457 e. The minimum absolute atomic E-state index is 0.00520. The van der Waals surface area contributed by atoms with Crippen molar-refractivity contribution in [1.82, 2.24) is 25.2 Å². The van der Waals surface area contributed by atoms with Gasteiger partial charge in [0.05, 0.1) is 5.75 Å². The van der Waals surface area contributed by atoms with Crippen LogP contribution in [0.25, 0.3) is 0 Å². The Labute approximate surface area is 272 Å². The Balaban J connectivity index is 1.51. The monoisotopic (exact) mass is 679 g/mol. The number of halogens is 3. The molecule has 0 aromatic heterocycles. The highest BCUT2D eigenvalue weighted by Gasteiger charge is 2.40. The molecular formula is C32H40F3N5O6S. The molecule has 47 heavy (non-hydrogen) atoms. The number of carbonyl (C=O) groups excluding carboxylic acids is 3. The van der Waals surface area contributed by atoms with Crippen molar-refractivity contribution in [3.05, 3.63) is 59.7 Å². The van der Waals surface area contributed by atoms with E-state index in [-0.39, 0.29) is 31.6 Å². The van der Waals surface area contributed by atoms with Crippen LogP contribution in [0.1, 0.15) is 43.2 Å². The maximum absolute atomic E-state index is 14.0. The molecule has 3 aliphatic rings. The van der Waals surface area contributed by atoms with Crippen LogP contribution in [-0.2, 0) is 37.2 Å². The van der Waals surface area contributed by atoms with E-state index in [9.17, 15) is 36.0 Å². The molecule has 2 aromatic carbocycles. The summed E-state index contributed by atoms with van der Waals surface area (Å²) in [7, 11) is -3.75. The number of nitrogens with one attached hydrogen (secondary N) is 3. The highest BCUT2D eigenvalue weighted by molar-refractivity contribution is 7.89. The Morgan fingerprint density at radius 3 is 2.17 bits per heavy atom. The van der Waals surface area contributed by atoms with Crippen molar-refractivity contribution in [3.8, 4) is 11.5 Å². The first-order valence-electron chi connectivity index (χ1n) is 15.9. The van der Waals surface area contributed by atoms with Crippen molar-refractivity contribution in [2.24, 2.45) is 0 Å². The van der Waals surface area contributed by atoms with E-state index in [1.807, 2.05) is 5.32 Å². The lowest BCUT2D eigenvalue weighted by Crippen LogP contribution is -2.58. The number of ether oxygens (including phenoxy) is 1. The molecule has 256 valence electrons. The van der Waals surface area contributed by atoms with Crippen LogP contribution in [0.15, 0.2) is 48.5 Å². The molecule has 2 fully saturated rings. The lowest BCUT2D eigenvalue weighted by molar-refractivity contribution is -0.141. The van der Waals surface area contributed by atoms with Crippen LogP contribution in [0.4, 0.5) is 13.2 Å². The first-order valence-corrected chi connectivity index (χ1v) is 17.5. The van der Waals surface area contributed by atoms with Crippen molar-refractivity contribution < 1.29 is 40.7 Å². The van der Waals surface area contributed by atoms with Crippen LogP contribution < -0.4 is 20.7 Å². The normalized spacial score (nSPS) is 24.5. The summed E-state index contributed by atoms with van der Waals surface area (Å²) in [6, 6.07) is 9.74. The Hall–Kier alpha value is -3.69. The van der Waals surface area contributed by atoms with Gasteiger partial charge < -0.3 is 25.6 Å². The highest BCUT2D eigenvalue weighted by atomic mass is 32.2. The number of hydrogen-bond acceptors (Lipinski definition) is 7. The van der Waals surface area contributed by atoms with E-state index in [1.165, 1.54) is 0 Å². The molecule has 0 spiro atoms. The molecule has 4 bridgehead atoms. The van der Waals surface area contributed by atoms with Gasteiger partial charge >= 0.3 is 6.18 Å². The zero-order valence-corrected chi connectivity index (χ0v) is 26.7. The number of carbonyl (C=O) groups is 3. The second-order valence-corrected chi connectivity index (χ2v) is 14.3. The van der Waals surface area contributed by atoms with Gasteiger partial charge in [-0.2, -0.15) is 17.5 Å². The Kier molecular flexibility index (Phi) is 11.1. The van der Waals surface area contributed by atoms with Gasteiger partial charge in [-0.15, -0.1) is 0 Å². The lowest BCUT2D eigenvalue weighted by atomic mass is 10.0. The third kappa shape index (κ3) is 9.67. The summed E-state index contributed by atoms with van der Waals surface area (Å²) in [6.07, 6.45) is -1.27. The van der Waals surface area contributed by atoms with Crippen molar-refractivity contribution >= 4 is 27.7 Å². The van der Waals surface area contributed by atoms with Gasteiger partial charge in [-0.25, -0.2) is 8.42 Å². The fourth-order valence-corrected chi connectivity index (χ4v) is 7.92. The lowest BCUT2D eigenvalue weighted by Gasteiger charge is -2.31. The first kappa shape index (κ1) is 34.6. The standard InChI is InChI=1S/C32H40F3N5O6S/c33-32(34,35)21-36-29(41)27-19-22-7-4-9-24(17-22)46-25-10-5-8-23(18-25)20-28(40-14-6-16-47(40,44)45)31(43)37-26(30(42)38-27)11-15-39-12-2-1-3-13-39/h4-5,7-10,17-18,26-28H,1-3,6,11-16,19-21H2,(H,36,41)(H,37,43)(H,38,42)/t26-,27-,28-/m0/s1. The van der Waals surface area contributed by atoms with E-state index >= 15 is 0 Å². The zero-order chi connectivity index (χ0) is 33.6. The molecule has 0 saturated carbocycles. The molecule has 3 amide bonds. The second-order valence-electron chi connectivity index (χ2n) is 12.2. The number of likely N-dealkylation sites (tertiary alicyclic amines) is 1. The quantitative estimate of drug-likeness (QED) is 0.427. The third-order valence-corrected chi connectivity index (χ3v) is 10.6. The number of sulfonamides is 1. The van der Waals surface area contributed by atoms with Crippen molar-refractivity contribution in [2.75, 3.05) is 38.5 Å². The molecule has 0 radical (unpaired) electrons. The van der Waals surface area contributed by atoms with Crippen LogP contribution in [0, 0.1) is 0 Å². The SMILES string of the molecule is O=C(NCC(F)(F)F)[C@@H]1Cc2cccc(c2)Oc2cccc(c2)C[C@H](N2CCCS2(=O)=O)C(=O)N[C@@H](CCN2CCCCC2)C(=O)N1. The van der Waals surface area contributed by atoms with Crippen LogP contribution in [0.2, 0.25) is 0 Å². The van der Waals surface area contributed by atoms with Crippen molar-refractivity contribution in [2.45, 2.75) is 69.2 Å². The number of amides is 3. The topological polar surface area (TPSA) is 137 Å². The molecule has 3 heterocycles. The van der Waals surface area contributed by atoms with Crippen LogP contribution in [0.3, 0.4) is 0 Å². The van der Waals surface area contributed by atoms with E-state index in [2.05, 4.69) is 15.5 Å². The smallest absolute Gasteiger partial charge is 0.405 e. The summed E-state index contributed by atoms with van der Waals surface area (Å²) < 4.78 is 72.3. The summed E-state index contributed by atoms with van der Waals surface area (Å²) >= 11 is 0. The van der Waals surface area contributed by atoms with Gasteiger partial charge in [-0.05, 0) is 80.6 Å². The fraction of sp³-hybridized carbons (Fsp3) is 0.531. The molecule has 2 saturated heterocycles. The molecule has 3 aliphatic heterocycles. The molecule has 11 nitrogen and oxygen atoms in total. The second kappa shape index (κ2) is 15.0. The van der Waals surface area contributed by atoms with Gasteiger partial charge in [0, 0.05) is 19.5 Å². The molecule has 5 rings (SSSR count). The number of fused-ring (bicyclic) bond motifs is 4. The minimum atomic E-state index is -4.67. The maximum atomic E-state index is 14.0. The predicted molar refractivity (Wildman–Crippen MR) is 167 cm³/mol. The Morgan fingerprint density at radius 1 is 0.894 bits per heavy atom. The number of rotatable bonds is 6. The van der Waals surface area contributed by atoms with E-state index in [1.54, 1.807) is 48.5 Å². The summed E-state index contributed by atoms with van der Waals surface area (Å²) in [5.74, 6) is -1.80. The van der Waals surface area contributed by atoms with Crippen molar-refractivity contribution in [1.29, 1.82) is 0 Å². The van der Waals surface area contributed by atoms with Crippen LogP contribution >= 0.6 is 0 Å². The maximum Gasteiger partial charge on any atom is 0.405 e. The van der Waals surface area contributed by atoms with Gasteiger partial charge in [0.25, 0.3) is 0 Å². The number of nitrogens with zero attached hydrogens (tertiary/aromatic N) is 2. The highest BCUT2D eigenvalue weighted by Crippen LogP contribution is 2.27. The number of piperidine rings is 1. The molecule has 15 heteroatoms. The zero-order valence-electron chi connectivity index (χ0n) is 25.9. The van der Waals surface area contributed by atoms with Crippen LogP contribution in [0.5, 0.6) is 11.5 Å². The average Bonchev–Trinajstić information content (AvgIpc) is 3.38. The fourth-order valence-electron chi connectivity index (χ4n) is 6.22. The molecule has 0 unspecified atom stereocenters. The first-order chi connectivity index (χ1) is 22.4. The van der Waals surface area contributed by atoms with E-state index < -0.39 is 58.6 Å². The Morgan fingerprint density at radius 2 is 1.55 bits per heavy atom. The van der Waals surface area contributed by atoms with E-state index in [0.717, 1.165) is 36.7 Å². The predicted octanol–water partition coefficient (Wildman–Crippen LogP) is 2.51.